The molecule has 4 fully saturated rings. The normalized spacial score (nSPS) is 36.1. The highest BCUT2D eigenvalue weighted by Crippen LogP contribution is 2.59. The molecule has 1 saturated carbocycles. The largest absolute Gasteiger partial charge is 0.379 e. The van der Waals surface area contributed by atoms with Crippen molar-refractivity contribution in [2.24, 2.45) is 11.3 Å². The summed E-state index contributed by atoms with van der Waals surface area (Å²) < 4.78 is 5.43. The van der Waals surface area contributed by atoms with Crippen LogP contribution in [0.5, 0.6) is 0 Å². The molecule has 5 nitrogen and oxygen atoms in total. The number of ether oxygens (including phenoxy) is 1. The minimum atomic E-state index is 0.336. The molecule has 0 aromatic carbocycles. The second-order valence-corrected chi connectivity index (χ2v) is 7.24. The zero-order chi connectivity index (χ0) is 14.3. The van der Waals surface area contributed by atoms with E-state index in [1.165, 1.54) is 12.8 Å². The van der Waals surface area contributed by atoms with E-state index in [4.69, 9.17) is 4.74 Å². The third-order valence-corrected chi connectivity index (χ3v) is 6.12. The van der Waals surface area contributed by atoms with Gasteiger partial charge in [0.25, 0.3) is 0 Å². The first kappa shape index (κ1) is 14.0. The van der Waals surface area contributed by atoms with Crippen LogP contribution in [0, 0.1) is 11.3 Å². The summed E-state index contributed by atoms with van der Waals surface area (Å²) in [6, 6.07) is 0.570. The molecule has 4 aliphatic rings. The van der Waals surface area contributed by atoms with E-state index < -0.39 is 0 Å². The van der Waals surface area contributed by atoms with Crippen LogP contribution in [0.3, 0.4) is 0 Å². The summed E-state index contributed by atoms with van der Waals surface area (Å²) in [7, 11) is 0. The van der Waals surface area contributed by atoms with Crippen molar-refractivity contribution in [2.45, 2.75) is 31.7 Å². The first-order valence-electron chi connectivity index (χ1n) is 8.60. The maximum absolute atomic E-state index is 12.8. The summed E-state index contributed by atoms with van der Waals surface area (Å²) >= 11 is 0. The van der Waals surface area contributed by atoms with Crippen molar-refractivity contribution in [1.82, 2.24) is 15.1 Å². The molecule has 3 aliphatic heterocycles. The Morgan fingerprint density at radius 2 is 1.90 bits per heavy atom. The molecule has 3 saturated heterocycles. The highest BCUT2D eigenvalue weighted by Gasteiger charge is 2.58. The Labute approximate surface area is 127 Å². The number of amides is 1. The van der Waals surface area contributed by atoms with Crippen molar-refractivity contribution in [3.8, 4) is 0 Å². The Balaban J connectivity index is 1.32. The lowest BCUT2D eigenvalue weighted by Gasteiger charge is -2.32. The quantitative estimate of drug-likeness (QED) is 0.796. The molecule has 4 rings (SSSR count). The monoisotopic (exact) mass is 293 g/mol. The number of carbonyl (C=O) groups is 1. The molecule has 21 heavy (non-hydrogen) atoms. The predicted octanol–water partition coefficient (Wildman–Crippen LogP) is 0.309. The summed E-state index contributed by atoms with van der Waals surface area (Å²) in [4.78, 5) is 17.4. The molecule has 0 radical (unpaired) electrons. The van der Waals surface area contributed by atoms with Crippen LogP contribution in [0.15, 0.2) is 0 Å². The van der Waals surface area contributed by atoms with Crippen LogP contribution in [-0.2, 0) is 9.53 Å². The second-order valence-electron chi connectivity index (χ2n) is 7.24. The molecular weight excluding hydrogens is 266 g/mol. The Morgan fingerprint density at radius 1 is 1.14 bits per heavy atom. The molecule has 5 heteroatoms. The van der Waals surface area contributed by atoms with E-state index in [9.17, 15) is 4.79 Å². The van der Waals surface area contributed by atoms with Crippen molar-refractivity contribution in [3.05, 3.63) is 0 Å². The number of hydrogen-bond acceptors (Lipinski definition) is 4. The van der Waals surface area contributed by atoms with Crippen molar-refractivity contribution in [3.63, 3.8) is 0 Å². The van der Waals surface area contributed by atoms with Gasteiger partial charge in [0.15, 0.2) is 0 Å². The lowest BCUT2D eigenvalue weighted by Crippen LogP contribution is -2.45. The van der Waals surface area contributed by atoms with Crippen molar-refractivity contribution >= 4 is 5.91 Å². The number of likely N-dealkylation sites (tertiary alicyclic amines) is 1. The van der Waals surface area contributed by atoms with Gasteiger partial charge < -0.3 is 15.0 Å². The molecule has 2 unspecified atom stereocenters. The van der Waals surface area contributed by atoms with E-state index in [0.29, 0.717) is 23.3 Å². The van der Waals surface area contributed by atoms with E-state index in [1.54, 1.807) is 0 Å². The first-order valence-corrected chi connectivity index (χ1v) is 8.60. The van der Waals surface area contributed by atoms with Crippen LogP contribution < -0.4 is 5.32 Å². The molecule has 0 aromatic rings. The lowest BCUT2D eigenvalue weighted by atomic mass is 9.91. The zero-order valence-electron chi connectivity index (χ0n) is 12.9. The SMILES string of the molecule is O=C(C1CC12CCNCC2)N1CCC(N2CCOCC2)C1. The van der Waals surface area contributed by atoms with Gasteiger partial charge in [-0.05, 0) is 44.2 Å². The fraction of sp³-hybridized carbons (Fsp3) is 0.938. The average molecular weight is 293 g/mol. The smallest absolute Gasteiger partial charge is 0.226 e. The van der Waals surface area contributed by atoms with Gasteiger partial charge in [0.1, 0.15) is 0 Å². The fourth-order valence-corrected chi connectivity index (χ4v) is 4.58. The number of rotatable bonds is 2. The molecule has 0 aromatic heterocycles. The lowest BCUT2D eigenvalue weighted by molar-refractivity contribution is -0.132. The fourth-order valence-electron chi connectivity index (χ4n) is 4.58. The maximum Gasteiger partial charge on any atom is 0.226 e. The van der Waals surface area contributed by atoms with Gasteiger partial charge in [-0.1, -0.05) is 0 Å². The van der Waals surface area contributed by atoms with Crippen LogP contribution in [0.4, 0.5) is 0 Å². The molecular formula is C16H27N3O2. The summed E-state index contributed by atoms with van der Waals surface area (Å²) in [6.07, 6.45) is 4.69. The number of nitrogens with one attached hydrogen (secondary N) is 1. The maximum atomic E-state index is 12.8. The van der Waals surface area contributed by atoms with Gasteiger partial charge >= 0.3 is 0 Å². The second kappa shape index (κ2) is 5.52. The molecule has 0 bridgehead atoms. The number of carbonyl (C=O) groups excluding carboxylic acids is 1. The van der Waals surface area contributed by atoms with Gasteiger partial charge in [-0.2, -0.15) is 0 Å². The Hall–Kier alpha value is -0.650. The van der Waals surface area contributed by atoms with E-state index in [0.717, 1.165) is 65.3 Å². The van der Waals surface area contributed by atoms with Gasteiger partial charge in [0.05, 0.1) is 13.2 Å². The highest BCUT2D eigenvalue weighted by atomic mass is 16.5. The number of hydrogen-bond donors (Lipinski definition) is 1. The predicted molar refractivity (Wildman–Crippen MR) is 80.0 cm³/mol. The summed E-state index contributed by atoms with van der Waals surface area (Å²) in [6.45, 7) is 7.87. The van der Waals surface area contributed by atoms with Crippen LogP contribution >= 0.6 is 0 Å². The van der Waals surface area contributed by atoms with Crippen molar-refractivity contribution in [1.29, 1.82) is 0 Å². The van der Waals surface area contributed by atoms with E-state index in [1.807, 2.05) is 0 Å². The minimum absolute atomic E-state index is 0.336. The Bertz CT molecular complexity index is 402. The van der Waals surface area contributed by atoms with E-state index in [2.05, 4.69) is 15.1 Å². The molecule has 2 atom stereocenters. The van der Waals surface area contributed by atoms with Crippen LogP contribution in [0.25, 0.3) is 0 Å². The van der Waals surface area contributed by atoms with Gasteiger partial charge in [0, 0.05) is 38.1 Å². The van der Waals surface area contributed by atoms with Gasteiger partial charge in [-0.15, -0.1) is 0 Å². The van der Waals surface area contributed by atoms with Crippen LogP contribution in [-0.4, -0.2) is 74.2 Å². The summed E-state index contributed by atoms with van der Waals surface area (Å²) in [5.41, 5.74) is 0.374. The van der Waals surface area contributed by atoms with Gasteiger partial charge in [0.2, 0.25) is 5.91 Å². The van der Waals surface area contributed by atoms with E-state index in [-0.39, 0.29) is 0 Å². The molecule has 1 spiro atoms. The topological polar surface area (TPSA) is 44.8 Å². The molecule has 3 heterocycles. The Morgan fingerprint density at radius 3 is 2.67 bits per heavy atom. The Kier molecular flexibility index (Phi) is 3.67. The number of piperidine rings is 1. The van der Waals surface area contributed by atoms with Crippen LogP contribution in [0.1, 0.15) is 25.7 Å². The first-order chi connectivity index (χ1) is 10.3. The highest BCUT2D eigenvalue weighted by molar-refractivity contribution is 5.83. The molecule has 1 amide bonds. The van der Waals surface area contributed by atoms with Gasteiger partial charge in [-0.25, -0.2) is 0 Å². The number of nitrogens with zero attached hydrogens (tertiary/aromatic N) is 2. The zero-order valence-corrected chi connectivity index (χ0v) is 12.9. The van der Waals surface area contributed by atoms with Crippen LogP contribution in [0.2, 0.25) is 0 Å². The third kappa shape index (κ3) is 2.60. The van der Waals surface area contributed by atoms with Gasteiger partial charge in [-0.3, -0.25) is 9.69 Å². The summed E-state index contributed by atoms with van der Waals surface area (Å²) in [5.74, 6) is 0.788. The molecule has 1 N–H and O–H groups in total. The third-order valence-electron chi connectivity index (χ3n) is 6.12. The summed E-state index contributed by atoms with van der Waals surface area (Å²) in [5, 5.41) is 3.42. The number of morpholine rings is 1. The van der Waals surface area contributed by atoms with Crippen molar-refractivity contribution < 1.29 is 9.53 Å². The van der Waals surface area contributed by atoms with E-state index >= 15 is 0 Å². The minimum Gasteiger partial charge on any atom is -0.379 e. The van der Waals surface area contributed by atoms with Crippen molar-refractivity contribution in [2.75, 3.05) is 52.5 Å². The molecule has 1 aliphatic carbocycles. The average Bonchev–Trinajstić information content (AvgIpc) is 3.01. The molecule has 118 valence electrons. The standard InChI is InChI=1S/C16H27N3O2/c20-15(14-11-16(14)2-4-17-5-3-16)19-6-1-13(12-19)18-7-9-21-10-8-18/h13-14,17H,1-12H2.